The summed E-state index contributed by atoms with van der Waals surface area (Å²) in [6, 6.07) is 0. The Kier molecular flexibility index (Phi) is 2.10. The van der Waals surface area contributed by atoms with E-state index in [1.165, 1.54) is 36.6 Å². The van der Waals surface area contributed by atoms with E-state index in [2.05, 4.69) is 19.6 Å². The molecule has 0 amide bonds. The molecular weight excluding hydrogens is 160 g/mol. The van der Waals surface area contributed by atoms with Crippen molar-refractivity contribution in [1.82, 2.24) is 0 Å². The molecule has 2 aliphatic rings. The van der Waals surface area contributed by atoms with Crippen LogP contribution in [0.5, 0.6) is 0 Å². The zero-order chi connectivity index (χ0) is 8.77. The summed E-state index contributed by atoms with van der Waals surface area (Å²) in [6.45, 7) is 7.69. The molecule has 0 aromatic carbocycles. The third-order valence-electron chi connectivity index (χ3n) is 3.91. The van der Waals surface area contributed by atoms with Gasteiger partial charge in [0, 0.05) is 8.07 Å². The lowest BCUT2D eigenvalue weighted by molar-refractivity contribution is 0.640. The van der Waals surface area contributed by atoms with Gasteiger partial charge in [-0.3, -0.25) is 0 Å². The second-order valence-corrected chi connectivity index (χ2v) is 11.3. The Hall–Kier alpha value is 0.217. The van der Waals surface area contributed by atoms with E-state index in [9.17, 15) is 0 Å². The number of fused-ring (bicyclic) bond motifs is 1. The summed E-state index contributed by atoms with van der Waals surface area (Å²) < 4.78 is 0. The van der Waals surface area contributed by atoms with E-state index in [1.54, 1.807) is 12.8 Å². The highest BCUT2D eigenvalue weighted by molar-refractivity contribution is 6.78. The van der Waals surface area contributed by atoms with E-state index >= 15 is 0 Å². The third kappa shape index (κ3) is 1.48. The molecule has 0 nitrogen and oxygen atoms in total. The van der Waals surface area contributed by atoms with E-state index in [4.69, 9.17) is 0 Å². The first kappa shape index (κ1) is 8.80. The molecule has 0 bridgehead atoms. The molecule has 0 saturated heterocycles. The summed E-state index contributed by atoms with van der Waals surface area (Å²) in [4.78, 5) is 0. The monoisotopic (exact) mass is 182 g/mol. The maximum atomic E-state index is 2.56. The molecule has 2 rings (SSSR count). The third-order valence-corrected chi connectivity index (χ3v) is 6.76. The van der Waals surface area contributed by atoms with Crippen molar-refractivity contribution in [3.63, 3.8) is 0 Å². The average Bonchev–Trinajstić information content (AvgIpc) is 2.54. The van der Waals surface area contributed by atoms with Crippen molar-refractivity contribution in [2.75, 3.05) is 0 Å². The molecule has 0 N–H and O–H groups in total. The molecule has 0 aromatic heterocycles. The smallest absolute Gasteiger partial charge is 0.0479 e. The van der Waals surface area contributed by atoms with Gasteiger partial charge in [0.25, 0.3) is 0 Å². The van der Waals surface area contributed by atoms with Crippen LogP contribution < -0.4 is 0 Å². The molecule has 2 atom stereocenters. The van der Waals surface area contributed by atoms with Gasteiger partial charge in [-0.25, -0.2) is 0 Å². The van der Waals surface area contributed by atoms with Gasteiger partial charge in [-0.1, -0.05) is 51.7 Å². The molecule has 2 aliphatic carbocycles. The lowest BCUT2D eigenvalue weighted by atomic mass is 10.2. The fourth-order valence-corrected chi connectivity index (χ4v) is 6.74. The summed E-state index contributed by atoms with van der Waals surface area (Å²) in [5.74, 6) is 2.36. The van der Waals surface area contributed by atoms with Crippen LogP contribution in [-0.4, -0.2) is 8.07 Å². The molecule has 0 aromatic rings. The van der Waals surface area contributed by atoms with E-state index in [0.717, 1.165) is 0 Å². The van der Waals surface area contributed by atoms with E-state index in [1.807, 2.05) is 0 Å². The van der Waals surface area contributed by atoms with Gasteiger partial charge in [-0.2, -0.15) is 0 Å². The maximum absolute atomic E-state index is 2.56. The molecule has 2 fully saturated rings. The minimum atomic E-state index is -0.774. The van der Waals surface area contributed by atoms with Gasteiger partial charge in [-0.05, 0) is 17.4 Å². The summed E-state index contributed by atoms with van der Waals surface area (Å²) in [5, 5.41) is 0. The fraction of sp³-hybridized carbons (Fsp3) is 1.00. The van der Waals surface area contributed by atoms with Crippen LogP contribution in [0.15, 0.2) is 0 Å². The van der Waals surface area contributed by atoms with Gasteiger partial charge >= 0.3 is 0 Å². The molecule has 1 heteroatoms. The topological polar surface area (TPSA) is 0 Å². The highest BCUT2D eigenvalue weighted by Gasteiger charge is 2.55. The Morgan fingerprint density at radius 2 is 1.33 bits per heavy atom. The minimum absolute atomic E-state index is 0.774. The van der Waals surface area contributed by atoms with E-state index in [0.29, 0.717) is 0 Å². The summed E-state index contributed by atoms with van der Waals surface area (Å²) >= 11 is 0. The Morgan fingerprint density at radius 3 is 1.75 bits per heavy atom. The van der Waals surface area contributed by atoms with Crippen LogP contribution in [0.1, 0.15) is 32.1 Å². The standard InChI is InChI=1S/C11H22Si/c1-12(2,3)11-9-7-5-4-6-8-10(9)11/h9-11H,4-8H2,1-3H3. The molecule has 70 valence electrons. The van der Waals surface area contributed by atoms with Gasteiger partial charge in [0.1, 0.15) is 0 Å². The number of rotatable bonds is 1. The molecule has 12 heavy (non-hydrogen) atoms. The zero-order valence-corrected chi connectivity index (χ0v) is 9.77. The van der Waals surface area contributed by atoms with Crippen molar-refractivity contribution in [3.05, 3.63) is 0 Å². The Labute approximate surface area is 77.8 Å². The lowest BCUT2D eigenvalue weighted by Crippen LogP contribution is -2.21. The highest BCUT2D eigenvalue weighted by atomic mass is 28.3. The van der Waals surface area contributed by atoms with Gasteiger partial charge < -0.3 is 0 Å². The van der Waals surface area contributed by atoms with Crippen LogP contribution in [0.4, 0.5) is 0 Å². The quantitative estimate of drug-likeness (QED) is 0.539. The number of hydrogen-bond acceptors (Lipinski definition) is 0. The Morgan fingerprint density at radius 1 is 0.833 bits per heavy atom. The van der Waals surface area contributed by atoms with Crippen LogP contribution in [-0.2, 0) is 0 Å². The van der Waals surface area contributed by atoms with Crippen LogP contribution in [0, 0.1) is 11.8 Å². The maximum Gasteiger partial charge on any atom is 0.0479 e. The van der Waals surface area contributed by atoms with Gasteiger partial charge in [0.2, 0.25) is 0 Å². The van der Waals surface area contributed by atoms with Gasteiger partial charge in [-0.15, -0.1) is 0 Å². The summed E-state index contributed by atoms with van der Waals surface area (Å²) in [5.41, 5.74) is 1.21. The highest BCUT2D eigenvalue weighted by Crippen LogP contribution is 2.63. The van der Waals surface area contributed by atoms with Gasteiger partial charge in [0.05, 0.1) is 0 Å². The van der Waals surface area contributed by atoms with Crippen molar-refractivity contribution in [2.24, 2.45) is 11.8 Å². The van der Waals surface area contributed by atoms with Gasteiger partial charge in [0.15, 0.2) is 0 Å². The average molecular weight is 182 g/mol. The van der Waals surface area contributed by atoms with E-state index in [-0.39, 0.29) is 0 Å². The van der Waals surface area contributed by atoms with E-state index < -0.39 is 8.07 Å². The second kappa shape index (κ2) is 2.86. The second-order valence-electron chi connectivity index (χ2n) is 5.86. The molecule has 0 aliphatic heterocycles. The van der Waals surface area contributed by atoms with Crippen LogP contribution in [0.25, 0.3) is 0 Å². The molecule has 0 spiro atoms. The molecule has 2 unspecified atom stereocenters. The van der Waals surface area contributed by atoms with Crippen molar-refractivity contribution in [2.45, 2.75) is 57.3 Å². The number of hydrogen-bond donors (Lipinski definition) is 0. The largest absolute Gasteiger partial charge is 0.0693 e. The van der Waals surface area contributed by atoms with Crippen LogP contribution >= 0.6 is 0 Å². The summed E-state index contributed by atoms with van der Waals surface area (Å²) in [7, 11) is -0.774. The first-order valence-electron chi connectivity index (χ1n) is 5.61. The first-order chi connectivity index (χ1) is 5.61. The van der Waals surface area contributed by atoms with Crippen molar-refractivity contribution in [1.29, 1.82) is 0 Å². The predicted octanol–water partition coefficient (Wildman–Crippen LogP) is 3.90. The normalized spacial score (nSPS) is 41.8. The minimum Gasteiger partial charge on any atom is -0.0693 e. The molecule has 0 heterocycles. The molecule has 0 radical (unpaired) electrons. The molecular formula is C11H22Si. The van der Waals surface area contributed by atoms with Crippen molar-refractivity contribution < 1.29 is 0 Å². The first-order valence-corrected chi connectivity index (χ1v) is 9.18. The van der Waals surface area contributed by atoms with Crippen molar-refractivity contribution >= 4 is 8.07 Å². The van der Waals surface area contributed by atoms with Crippen molar-refractivity contribution in [3.8, 4) is 0 Å². The molecule has 2 saturated carbocycles. The fourth-order valence-electron chi connectivity index (χ4n) is 3.45. The Bertz CT molecular complexity index is 156. The summed E-state index contributed by atoms with van der Waals surface area (Å²) in [6.07, 6.45) is 7.72. The Balaban J connectivity index is 1.98. The zero-order valence-electron chi connectivity index (χ0n) is 8.77. The SMILES string of the molecule is C[Si](C)(C)C1C2CCCCCC21. The van der Waals surface area contributed by atoms with Crippen LogP contribution in [0.2, 0.25) is 25.2 Å². The lowest BCUT2D eigenvalue weighted by Gasteiger charge is -2.17. The van der Waals surface area contributed by atoms with Crippen LogP contribution in [0.3, 0.4) is 0 Å². The predicted molar refractivity (Wildman–Crippen MR) is 57.2 cm³/mol.